The van der Waals surface area contributed by atoms with E-state index in [2.05, 4.69) is 22.5 Å². The number of carbonyl (C=O) groups excluding carboxylic acids is 2. The molecule has 2 amide bonds. The second kappa shape index (κ2) is 13.3. The summed E-state index contributed by atoms with van der Waals surface area (Å²) in [4.78, 5) is 30.4. The van der Waals surface area contributed by atoms with Gasteiger partial charge in [0.2, 0.25) is 5.91 Å². The number of hydrogen-bond acceptors (Lipinski definition) is 4. The van der Waals surface area contributed by atoms with Crippen LogP contribution >= 0.6 is 24.8 Å². The molecular formula is C23H32Cl2N4O2. The third-order valence-corrected chi connectivity index (χ3v) is 5.69. The van der Waals surface area contributed by atoms with Gasteiger partial charge in [-0.3, -0.25) is 14.6 Å². The van der Waals surface area contributed by atoms with E-state index >= 15 is 0 Å². The molecule has 2 unspecified atom stereocenters. The standard InChI is InChI=1S/C23H30N4O2.2ClH/c1-17(20-4-3-11-25-16-20)14-22(28)26-15-18-5-7-21(8-6-18)27(2)23(29)19-9-12-24-13-10-19;;/h5-10,12-13,17,20,25H,3-4,11,14-16H2,1-2H3,(H,26,28);2*1H. The molecule has 0 aliphatic carbocycles. The Morgan fingerprint density at radius 3 is 2.45 bits per heavy atom. The van der Waals surface area contributed by atoms with Crippen LogP contribution in [0.15, 0.2) is 48.8 Å². The molecule has 31 heavy (non-hydrogen) atoms. The summed E-state index contributed by atoms with van der Waals surface area (Å²) in [6, 6.07) is 11.1. The first-order valence-corrected chi connectivity index (χ1v) is 10.3. The number of pyridine rings is 1. The van der Waals surface area contributed by atoms with Gasteiger partial charge in [-0.15, -0.1) is 24.8 Å². The number of nitrogens with one attached hydrogen (secondary N) is 2. The summed E-state index contributed by atoms with van der Waals surface area (Å²) < 4.78 is 0. The van der Waals surface area contributed by atoms with Crippen LogP contribution in [-0.2, 0) is 11.3 Å². The first-order valence-electron chi connectivity index (χ1n) is 10.3. The molecule has 0 saturated carbocycles. The zero-order valence-electron chi connectivity index (χ0n) is 18.0. The summed E-state index contributed by atoms with van der Waals surface area (Å²) in [5, 5.41) is 6.44. The molecule has 1 aliphatic rings. The number of rotatable bonds is 7. The SMILES string of the molecule is CC(CC(=O)NCc1ccc(N(C)C(=O)c2ccncc2)cc1)C1CCCNC1.Cl.Cl. The molecule has 170 valence electrons. The van der Waals surface area contributed by atoms with Crippen LogP contribution in [0.5, 0.6) is 0 Å². The molecule has 1 aromatic carbocycles. The molecule has 3 rings (SSSR count). The highest BCUT2D eigenvalue weighted by molar-refractivity contribution is 6.05. The molecule has 0 radical (unpaired) electrons. The highest BCUT2D eigenvalue weighted by atomic mass is 35.5. The van der Waals surface area contributed by atoms with Gasteiger partial charge >= 0.3 is 0 Å². The molecule has 2 atom stereocenters. The van der Waals surface area contributed by atoms with Crippen molar-refractivity contribution in [3.8, 4) is 0 Å². The summed E-state index contributed by atoms with van der Waals surface area (Å²) in [6.07, 6.45) is 6.18. The Balaban J connectivity index is 0.00000240. The second-order valence-electron chi connectivity index (χ2n) is 7.83. The number of benzene rings is 1. The molecule has 6 nitrogen and oxygen atoms in total. The minimum Gasteiger partial charge on any atom is -0.352 e. The number of hydrogen-bond donors (Lipinski definition) is 2. The van der Waals surface area contributed by atoms with Gasteiger partial charge in [0.1, 0.15) is 0 Å². The Bertz CT molecular complexity index is 812. The van der Waals surface area contributed by atoms with Crippen LogP contribution in [0.3, 0.4) is 0 Å². The Morgan fingerprint density at radius 2 is 1.84 bits per heavy atom. The lowest BCUT2D eigenvalue weighted by Crippen LogP contribution is -2.35. The lowest BCUT2D eigenvalue weighted by atomic mass is 9.85. The van der Waals surface area contributed by atoms with Gasteiger partial charge in [0.25, 0.3) is 5.91 Å². The number of carbonyl (C=O) groups is 2. The fraction of sp³-hybridized carbons (Fsp3) is 0.435. The van der Waals surface area contributed by atoms with Gasteiger partial charge in [0, 0.05) is 43.7 Å². The number of amides is 2. The van der Waals surface area contributed by atoms with Crippen molar-refractivity contribution >= 4 is 42.3 Å². The van der Waals surface area contributed by atoms with Crippen LogP contribution in [0.1, 0.15) is 42.1 Å². The van der Waals surface area contributed by atoms with Crippen LogP contribution in [0.2, 0.25) is 0 Å². The quantitative estimate of drug-likeness (QED) is 0.649. The molecule has 2 aromatic rings. The van der Waals surface area contributed by atoms with E-state index in [4.69, 9.17) is 0 Å². The summed E-state index contributed by atoms with van der Waals surface area (Å²) in [6.45, 7) is 4.77. The molecule has 2 heterocycles. The molecule has 8 heteroatoms. The van der Waals surface area contributed by atoms with Gasteiger partial charge in [-0.2, -0.15) is 0 Å². The van der Waals surface area contributed by atoms with Crippen LogP contribution < -0.4 is 15.5 Å². The molecular weight excluding hydrogens is 435 g/mol. The first-order chi connectivity index (χ1) is 14.0. The largest absolute Gasteiger partial charge is 0.352 e. The van der Waals surface area contributed by atoms with Crippen molar-refractivity contribution in [1.82, 2.24) is 15.6 Å². The number of halogens is 2. The van der Waals surface area contributed by atoms with Crippen molar-refractivity contribution in [3.63, 3.8) is 0 Å². The number of piperidine rings is 1. The topological polar surface area (TPSA) is 74.3 Å². The Labute approximate surface area is 197 Å². The minimum absolute atomic E-state index is 0. The lowest BCUT2D eigenvalue weighted by molar-refractivity contribution is -0.122. The molecule has 0 spiro atoms. The van der Waals surface area contributed by atoms with Gasteiger partial charge in [0.05, 0.1) is 0 Å². The predicted molar refractivity (Wildman–Crippen MR) is 129 cm³/mol. The smallest absolute Gasteiger partial charge is 0.258 e. The van der Waals surface area contributed by atoms with Gasteiger partial charge < -0.3 is 15.5 Å². The molecule has 1 fully saturated rings. The predicted octanol–water partition coefficient (Wildman–Crippen LogP) is 3.84. The van der Waals surface area contributed by atoms with Crippen LogP contribution in [0, 0.1) is 11.8 Å². The van der Waals surface area contributed by atoms with E-state index < -0.39 is 0 Å². The van der Waals surface area contributed by atoms with E-state index in [1.807, 2.05) is 24.3 Å². The third-order valence-electron chi connectivity index (χ3n) is 5.69. The molecule has 1 saturated heterocycles. The zero-order chi connectivity index (χ0) is 20.6. The van der Waals surface area contributed by atoms with E-state index in [1.54, 1.807) is 36.5 Å². The second-order valence-corrected chi connectivity index (χ2v) is 7.83. The van der Waals surface area contributed by atoms with E-state index in [0.717, 1.165) is 24.3 Å². The highest BCUT2D eigenvalue weighted by Gasteiger charge is 2.21. The summed E-state index contributed by atoms with van der Waals surface area (Å²) in [5.41, 5.74) is 2.42. The van der Waals surface area contributed by atoms with Crippen molar-refractivity contribution in [1.29, 1.82) is 0 Å². The maximum Gasteiger partial charge on any atom is 0.258 e. The lowest BCUT2D eigenvalue weighted by Gasteiger charge is -2.28. The average Bonchev–Trinajstić information content (AvgIpc) is 2.78. The summed E-state index contributed by atoms with van der Waals surface area (Å²) in [7, 11) is 1.75. The molecule has 2 N–H and O–H groups in total. The number of aromatic nitrogens is 1. The average molecular weight is 467 g/mol. The Hall–Kier alpha value is -2.15. The van der Waals surface area contributed by atoms with Gasteiger partial charge in [-0.25, -0.2) is 0 Å². The zero-order valence-corrected chi connectivity index (χ0v) is 19.7. The fourth-order valence-electron chi connectivity index (χ4n) is 3.74. The van der Waals surface area contributed by atoms with Crippen molar-refractivity contribution in [2.45, 2.75) is 32.7 Å². The maximum atomic E-state index is 12.5. The maximum absolute atomic E-state index is 12.5. The van der Waals surface area contributed by atoms with Crippen molar-refractivity contribution in [3.05, 3.63) is 59.9 Å². The monoisotopic (exact) mass is 466 g/mol. The fourth-order valence-corrected chi connectivity index (χ4v) is 3.74. The van der Waals surface area contributed by atoms with E-state index in [9.17, 15) is 9.59 Å². The van der Waals surface area contributed by atoms with Crippen molar-refractivity contribution in [2.75, 3.05) is 25.0 Å². The summed E-state index contributed by atoms with van der Waals surface area (Å²) in [5.74, 6) is 0.983. The number of nitrogens with zero attached hydrogens (tertiary/aromatic N) is 2. The molecule has 0 bridgehead atoms. The Kier molecular flexibility index (Phi) is 11.5. The van der Waals surface area contributed by atoms with Gasteiger partial charge in [-0.1, -0.05) is 19.1 Å². The minimum atomic E-state index is -0.0837. The third kappa shape index (κ3) is 7.80. The van der Waals surface area contributed by atoms with E-state index in [0.29, 0.717) is 30.4 Å². The number of anilines is 1. The molecule has 1 aliphatic heterocycles. The first kappa shape index (κ1) is 26.9. The van der Waals surface area contributed by atoms with E-state index in [-0.39, 0.29) is 36.6 Å². The highest BCUT2D eigenvalue weighted by Crippen LogP contribution is 2.22. The van der Waals surface area contributed by atoms with Crippen LogP contribution in [-0.4, -0.2) is 36.9 Å². The normalized spacial score (nSPS) is 16.3. The van der Waals surface area contributed by atoms with Crippen LogP contribution in [0.4, 0.5) is 5.69 Å². The Morgan fingerprint density at radius 1 is 1.16 bits per heavy atom. The van der Waals surface area contributed by atoms with Crippen molar-refractivity contribution < 1.29 is 9.59 Å². The summed E-state index contributed by atoms with van der Waals surface area (Å²) >= 11 is 0. The molecule has 1 aromatic heterocycles. The van der Waals surface area contributed by atoms with E-state index in [1.165, 1.54) is 12.8 Å². The van der Waals surface area contributed by atoms with Crippen molar-refractivity contribution in [2.24, 2.45) is 11.8 Å². The van der Waals surface area contributed by atoms with Crippen LogP contribution in [0.25, 0.3) is 0 Å². The van der Waals surface area contributed by atoms with Gasteiger partial charge in [-0.05, 0) is 67.6 Å². The van der Waals surface area contributed by atoms with Gasteiger partial charge in [0.15, 0.2) is 0 Å².